The zero-order valence-electron chi connectivity index (χ0n) is 14.7. The van der Waals surface area contributed by atoms with Gasteiger partial charge in [0.2, 0.25) is 0 Å². The van der Waals surface area contributed by atoms with Crippen molar-refractivity contribution in [3.05, 3.63) is 50.6 Å². The van der Waals surface area contributed by atoms with Crippen LogP contribution in [0, 0.1) is 5.41 Å². The van der Waals surface area contributed by atoms with E-state index in [1.807, 2.05) is 24.3 Å². The summed E-state index contributed by atoms with van der Waals surface area (Å²) in [6, 6.07) is 0. The van der Waals surface area contributed by atoms with Crippen LogP contribution in [-0.4, -0.2) is 61.9 Å². The second-order valence-corrected chi connectivity index (χ2v) is 9.08. The maximum absolute atomic E-state index is 6.00. The largest absolute Gasteiger partial charge is 0.321 e. The van der Waals surface area contributed by atoms with Crippen LogP contribution in [0.3, 0.4) is 0 Å². The number of rotatable bonds is 10. The van der Waals surface area contributed by atoms with Gasteiger partial charge in [-0.2, -0.15) is 0 Å². The fourth-order valence-corrected chi connectivity index (χ4v) is 5.77. The second-order valence-electron chi connectivity index (χ2n) is 5.97. The van der Waals surface area contributed by atoms with Crippen molar-refractivity contribution in [1.29, 1.82) is 0 Å². The van der Waals surface area contributed by atoms with E-state index < -0.39 is 17.1 Å². The summed E-state index contributed by atoms with van der Waals surface area (Å²) in [6.45, 7) is 20.2. The predicted octanol–water partition coefficient (Wildman–Crippen LogP) is 3.87. The molecule has 2 rings (SSSR count). The molecule has 25 heavy (non-hydrogen) atoms. The van der Waals surface area contributed by atoms with E-state index in [-0.39, 0.29) is 5.41 Å². The molecule has 0 aromatic rings. The van der Waals surface area contributed by atoms with Crippen LogP contribution in [0.2, 0.25) is 0 Å². The van der Waals surface area contributed by atoms with Gasteiger partial charge in [0.05, 0.1) is 31.8 Å². The van der Waals surface area contributed by atoms with E-state index in [0.717, 1.165) is 0 Å². The Morgan fingerprint density at radius 1 is 0.640 bits per heavy atom. The molecule has 0 N–H and O–H groups in total. The monoisotopic (exact) mass is 386 g/mol. The molecule has 2 heterocycles. The minimum atomic E-state index is -1.08. The molecule has 0 radical (unpaired) electrons. The molecule has 6 nitrogen and oxygen atoms in total. The number of nitrogens with zero attached hydrogens (tertiary/aromatic N) is 2. The Hall–Kier alpha value is -0.420. The van der Waals surface area contributed by atoms with Gasteiger partial charge in [0.25, 0.3) is 17.1 Å². The Morgan fingerprint density at radius 3 is 1.16 bits per heavy atom. The Labute approximate surface area is 153 Å². The quantitative estimate of drug-likeness (QED) is 0.420. The highest BCUT2D eigenvalue weighted by Gasteiger charge is 2.44. The summed E-state index contributed by atoms with van der Waals surface area (Å²) in [4.78, 5) is 0. The summed E-state index contributed by atoms with van der Waals surface area (Å²) in [6.07, 6.45) is 7.38. The summed E-state index contributed by atoms with van der Waals surface area (Å²) in [5, 5.41) is 0. The Morgan fingerprint density at radius 2 is 0.920 bits per heavy atom. The molecule has 1 spiro atoms. The van der Waals surface area contributed by atoms with Crippen molar-refractivity contribution in [2.45, 2.75) is 0 Å². The highest BCUT2D eigenvalue weighted by atomic mass is 31.2. The maximum Gasteiger partial charge on any atom is 0.259 e. The minimum absolute atomic E-state index is 0.236. The Kier molecular flexibility index (Phi) is 8.91. The van der Waals surface area contributed by atoms with Gasteiger partial charge in [-0.25, -0.2) is 9.34 Å². The van der Waals surface area contributed by atoms with Gasteiger partial charge >= 0.3 is 0 Å². The van der Waals surface area contributed by atoms with E-state index in [4.69, 9.17) is 18.1 Å². The summed E-state index contributed by atoms with van der Waals surface area (Å²) >= 11 is 0. The Balaban J connectivity index is 1.86. The molecule has 2 fully saturated rings. The predicted molar refractivity (Wildman–Crippen MR) is 104 cm³/mol. The van der Waals surface area contributed by atoms with Crippen LogP contribution < -0.4 is 0 Å². The molecule has 8 heteroatoms. The molecule has 0 bridgehead atoms. The average Bonchev–Trinajstić information content (AvgIpc) is 2.63. The van der Waals surface area contributed by atoms with Crippen molar-refractivity contribution >= 4 is 17.1 Å². The molecule has 2 aliphatic heterocycles. The fraction of sp³-hybridized carbons (Fsp3) is 0.529. The van der Waals surface area contributed by atoms with Gasteiger partial charge < -0.3 is 18.1 Å². The van der Waals surface area contributed by atoms with Crippen LogP contribution in [0.5, 0.6) is 0 Å². The van der Waals surface area contributed by atoms with Gasteiger partial charge in [0, 0.05) is 26.2 Å². The van der Waals surface area contributed by atoms with Crippen molar-refractivity contribution in [2.24, 2.45) is 5.41 Å². The zero-order valence-corrected chi connectivity index (χ0v) is 16.5. The first-order valence-corrected chi connectivity index (χ1v) is 10.5. The molecule has 0 saturated carbocycles. The lowest BCUT2D eigenvalue weighted by molar-refractivity contribution is -0.0638. The average molecular weight is 386 g/mol. The Bertz CT molecular complexity index is 396. The van der Waals surface area contributed by atoms with Crippen LogP contribution in [0.15, 0.2) is 50.6 Å². The van der Waals surface area contributed by atoms with Crippen molar-refractivity contribution in [1.82, 2.24) is 9.34 Å². The van der Waals surface area contributed by atoms with Gasteiger partial charge in [-0.1, -0.05) is 24.3 Å². The van der Waals surface area contributed by atoms with Crippen LogP contribution in [0.1, 0.15) is 0 Å². The molecule has 0 amide bonds. The molecule has 0 aliphatic carbocycles. The third-order valence-corrected chi connectivity index (χ3v) is 6.72. The lowest BCUT2D eigenvalue weighted by Gasteiger charge is -2.45. The standard InChI is InChI=1S/C17H28N2O4P2/c1-5-9-18(10-6-2)24-20-13-17(14-21-24)15-22-25(23-16-17)19(11-7-3)12-8-4/h5-8H,1-4,9-16H2. The van der Waals surface area contributed by atoms with Gasteiger partial charge in [-0.05, 0) is 0 Å². The molecule has 0 aromatic heterocycles. The van der Waals surface area contributed by atoms with Crippen LogP contribution in [0.4, 0.5) is 0 Å². The molecular weight excluding hydrogens is 358 g/mol. The van der Waals surface area contributed by atoms with Gasteiger partial charge in [0.15, 0.2) is 0 Å². The third kappa shape index (κ3) is 5.78. The van der Waals surface area contributed by atoms with Gasteiger partial charge in [0.1, 0.15) is 0 Å². The minimum Gasteiger partial charge on any atom is -0.321 e. The molecule has 0 unspecified atom stereocenters. The van der Waals surface area contributed by atoms with Gasteiger partial charge in [-0.15, -0.1) is 26.3 Å². The van der Waals surface area contributed by atoms with E-state index in [2.05, 4.69) is 35.7 Å². The first kappa shape index (κ1) is 20.9. The first-order chi connectivity index (χ1) is 12.2. The SMILES string of the molecule is C=CCN(CC=C)P1OCC2(CO1)COP(N(CC=C)CC=C)OC2. The molecule has 2 saturated heterocycles. The molecule has 140 valence electrons. The lowest BCUT2D eigenvalue weighted by Crippen LogP contribution is -2.46. The molecule has 2 aliphatic rings. The summed E-state index contributed by atoms with van der Waals surface area (Å²) in [7, 11) is -2.17. The second kappa shape index (κ2) is 10.7. The zero-order chi connectivity index (χ0) is 18.1. The molecule has 0 aromatic carbocycles. The fourth-order valence-electron chi connectivity index (χ4n) is 2.43. The van der Waals surface area contributed by atoms with E-state index in [1.54, 1.807) is 0 Å². The van der Waals surface area contributed by atoms with E-state index >= 15 is 0 Å². The van der Waals surface area contributed by atoms with Crippen LogP contribution in [0.25, 0.3) is 0 Å². The highest BCUT2D eigenvalue weighted by Crippen LogP contribution is 2.54. The van der Waals surface area contributed by atoms with Crippen molar-refractivity contribution in [3.8, 4) is 0 Å². The lowest BCUT2D eigenvalue weighted by atomic mass is 9.93. The maximum atomic E-state index is 6.00. The van der Waals surface area contributed by atoms with E-state index in [0.29, 0.717) is 52.6 Å². The first-order valence-electron chi connectivity index (χ1n) is 8.23. The summed E-state index contributed by atoms with van der Waals surface area (Å²) < 4.78 is 28.2. The van der Waals surface area contributed by atoms with E-state index in [9.17, 15) is 0 Å². The topological polar surface area (TPSA) is 43.4 Å². The third-order valence-electron chi connectivity index (χ3n) is 3.75. The van der Waals surface area contributed by atoms with Crippen molar-refractivity contribution < 1.29 is 18.1 Å². The summed E-state index contributed by atoms with van der Waals surface area (Å²) in [5.74, 6) is 0. The number of hydrogen-bond acceptors (Lipinski definition) is 6. The summed E-state index contributed by atoms with van der Waals surface area (Å²) in [5.41, 5.74) is -0.236. The van der Waals surface area contributed by atoms with Crippen molar-refractivity contribution in [3.63, 3.8) is 0 Å². The van der Waals surface area contributed by atoms with Gasteiger partial charge in [-0.3, -0.25) is 0 Å². The van der Waals surface area contributed by atoms with E-state index in [1.165, 1.54) is 0 Å². The van der Waals surface area contributed by atoms with Crippen LogP contribution in [-0.2, 0) is 18.1 Å². The molecule has 0 atom stereocenters. The number of hydrogen-bond donors (Lipinski definition) is 0. The normalized spacial score (nSPS) is 29.7. The highest BCUT2D eigenvalue weighted by molar-refractivity contribution is 7.45. The van der Waals surface area contributed by atoms with Crippen molar-refractivity contribution in [2.75, 3.05) is 52.6 Å². The smallest absolute Gasteiger partial charge is 0.259 e. The van der Waals surface area contributed by atoms with Crippen LogP contribution >= 0.6 is 17.1 Å². The molecular formula is C17H28N2O4P2.